The highest BCUT2D eigenvalue weighted by atomic mass is 19.1. The number of amides is 2. The van der Waals surface area contributed by atoms with Gasteiger partial charge in [-0.1, -0.05) is 12.1 Å². The van der Waals surface area contributed by atoms with Gasteiger partial charge in [0.2, 0.25) is 5.91 Å². The molecule has 1 N–H and O–H groups in total. The lowest BCUT2D eigenvalue weighted by Gasteiger charge is -2.32. The van der Waals surface area contributed by atoms with Crippen molar-refractivity contribution < 1.29 is 23.5 Å². The Bertz CT molecular complexity index is 895. The van der Waals surface area contributed by atoms with Crippen molar-refractivity contribution in [2.45, 2.75) is 26.5 Å². The molecular weight excluding hydrogens is 351 g/mol. The van der Waals surface area contributed by atoms with Crippen LogP contribution in [0, 0.1) is 5.82 Å². The summed E-state index contributed by atoms with van der Waals surface area (Å²) in [5.74, 6) is -0.792. The van der Waals surface area contributed by atoms with Crippen molar-refractivity contribution >= 4 is 23.3 Å². The van der Waals surface area contributed by atoms with Gasteiger partial charge in [-0.25, -0.2) is 4.39 Å². The molecule has 2 amide bonds. The van der Waals surface area contributed by atoms with Gasteiger partial charge in [0.25, 0.3) is 5.91 Å². The van der Waals surface area contributed by atoms with Crippen LogP contribution in [0.1, 0.15) is 29.8 Å². The summed E-state index contributed by atoms with van der Waals surface area (Å²) in [7, 11) is 0. The van der Waals surface area contributed by atoms with Gasteiger partial charge in [0.15, 0.2) is 11.9 Å². The predicted octanol–water partition coefficient (Wildman–Crippen LogP) is 2.46. The molecule has 3 rings (SSSR count). The van der Waals surface area contributed by atoms with E-state index in [-0.39, 0.29) is 36.5 Å². The van der Waals surface area contributed by atoms with Gasteiger partial charge in [0.05, 0.1) is 5.69 Å². The molecule has 0 aliphatic carbocycles. The molecule has 7 heteroatoms. The predicted molar refractivity (Wildman–Crippen MR) is 97.1 cm³/mol. The number of ether oxygens (including phenoxy) is 1. The van der Waals surface area contributed by atoms with E-state index in [9.17, 15) is 18.8 Å². The average Bonchev–Trinajstić information content (AvgIpc) is 2.64. The number of hydrogen-bond acceptors (Lipinski definition) is 4. The highest BCUT2D eigenvalue weighted by Gasteiger charge is 2.33. The molecule has 0 saturated carbocycles. The molecule has 1 aliphatic heterocycles. The van der Waals surface area contributed by atoms with Gasteiger partial charge in [-0.2, -0.15) is 0 Å². The number of benzene rings is 2. The molecule has 1 unspecified atom stereocenters. The van der Waals surface area contributed by atoms with Crippen LogP contribution in [0.15, 0.2) is 42.5 Å². The molecule has 1 aliphatic rings. The minimum Gasteiger partial charge on any atom is -0.479 e. The molecule has 1 atom stereocenters. The number of carbonyl (C=O) groups excluding carboxylic acids is 3. The summed E-state index contributed by atoms with van der Waals surface area (Å²) >= 11 is 0. The standard InChI is InChI=1S/C20H19FN2O4/c1-12(24)15-5-8-18-17(9-15)23(20(26)13(2)27-18)11-19(25)22-10-14-3-6-16(21)7-4-14/h3-9,13H,10-11H2,1-2H3,(H,22,25). The number of ketones is 1. The van der Waals surface area contributed by atoms with Gasteiger partial charge in [-0.15, -0.1) is 0 Å². The lowest BCUT2D eigenvalue weighted by molar-refractivity contribution is -0.128. The van der Waals surface area contributed by atoms with E-state index in [0.29, 0.717) is 17.0 Å². The van der Waals surface area contributed by atoms with Crippen molar-refractivity contribution in [2.75, 3.05) is 11.4 Å². The zero-order valence-electron chi connectivity index (χ0n) is 15.0. The van der Waals surface area contributed by atoms with Crippen molar-refractivity contribution in [3.8, 4) is 5.75 Å². The maximum Gasteiger partial charge on any atom is 0.268 e. The molecular formula is C20H19FN2O4. The molecule has 140 valence electrons. The van der Waals surface area contributed by atoms with Crippen LogP contribution in [-0.4, -0.2) is 30.2 Å². The van der Waals surface area contributed by atoms with Crippen LogP contribution in [0.4, 0.5) is 10.1 Å². The molecule has 0 fully saturated rings. The fraction of sp³-hybridized carbons (Fsp3) is 0.250. The van der Waals surface area contributed by atoms with E-state index in [4.69, 9.17) is 4.74 Å². The molecule has 1 heterocycles. The summed E-state index contributed by atoms with van der Waals surface area (Å²) < 4.78 is 18.5. The Morgan fingerprint density at radius 2 is 1.89 bits per heavy atom. The van der Waals surface area contributed by atoms with Crippen molar-refractivity contribution in [2.24, 2.45) is 0 Å². The van der Waals surface area contributed by atoms with Crippen LogP contribution in [0.2, 0.25) is 0 Å². The number of nitrogens with zero attached hydrogens (tertiary/aromatic N) is 1. The summed E-state index contributed by atoms with van der Waals surface area (Å²) in [5, 5.41) is 2.71. The van der Waals surface area contributed by atoms with E-state index in [2.05, 4.69) is 5.32 Å². The first-order valence-corrected chi connectivity index (χ1v) is 8.49. The van der Waals surface area contributed by atoms with Gasteiger partial charge >= 0.3 is 0 Å². The molecule has 27 heavy (non-hydrogen) atoms. The van der Waals surface area contributed by atoms with Gasteiger partial charge in [0, 0.05) is 12.1 Å². The zero-order valence-corrected chi connectivity index (χ0v) is 15.0. The molecule has 0 bridgehead atoms. The number of anilines is 1. The van der Waals surface area contributed by atoms with E-state index in [1.165, 1.54) is 24.0 Å². The van der Waals surface area contributed by atoms with E-state index in [0.717, 1.165) is 5.56 Å². The number of Topliss-reactive ketones (excluding diaryl/α,β-unsaturated/α-hetero) is 1. The van der Waals surface area contributed by atoms with Gasteiger partial charge in [-0.05, 0) is 49.7 Å². The van der Waals surface area contributed by atoms with Crippen molar-refractivity contribution in [3.05, 3.63) is 59.4 Å². The third-order valence-corrected chi connectivity index (χ3v) is 4.28. The first kappa shape index (κ1) is 18.6. The minimum atomic E-state index is -0.731. The van der Waals surface area contributed by atoms with Crippen molar-refractivity contribution in [3.63, 3.8) is 0 Å². The SMILES string of the molecule is CC(=O)c1ccc2c(c1)N(CC(=O)NCc1ccc(F)cc1)C(=O)C(C)O2. The summed E-state index contributed by atoms with van der Waals surface area (Å²) in [5.41, 5.74) is 1.56. The van der Waals surface area contributed by atoms with E-state index in [1.807, 2.05) is 0 Å². The average molecular weight is 370 g/mol. The smallest absolute Gasteiger partial charge is 0.268 e. The summed E-state index contributed by atoms with van der Waals surface area (Å²) in [6.07, 6.45) is -0.731. The summed E-state index contributed by atoms with van der Waals surface area (Å²) in [4.78, 5) is 37.8. The maximum absolute atomic E-state index is 12.9. The highest BCUT2D eigenvalue weighted by molar-refractivity contribution is 6.05. The second kappa shape index (κ2) is 7.57. The van der Waals surface area contributed by atoms with Crippen LogP contribution in [0.5, 0.6) is 5.75 Å². The zero-order chi connectivity index (χ0) is 19.6. The fourth-order valence-corrected chi connectivity index (χ4v) is 2.79. The third-order valence-electron chi connectivity index (χ3n) is 4.28. The Morgan fingerprint density at radius 1 is 1.19 bits per heavy atom. The lowest BCUT2D eigenvalue weighted by Crippen LogP contribution is -2.48. The van der Waals surface area contributed by atoms with E-state index < -0.39 is 6.10 Å². The molecule has 0 saturated heterocycles. The number of fused-ring (bicyclic) bond motifs is 1. The van der Waals surface area contributed by atoms with Gasteiger partial charge < -0.3 is 10.1 Å². The Morgan fingerprint density at radius 3 is 2.56 bits per heavy atom. The number of hydrogen-bond donors (Lipinski definition) is 1. The summed E-state index contributed by atoms with van der Waals surface area (Å²) in [6.45, 7) is 3.04. The minimum absolute atomic E-state index is 0.149. The lowest BCUT2D eigenvalue weighted by atomic mass is 10.1. The third kappa shape index (κ3) is 4.13. The van der Waals surface area contributed by atoms with Crippen molar-refractivity contribution in [1.82, 2.24) is 5.32 Å². The second-order valence-electron chi connectivity index (χ2n) is 6.33. The normalized spacial score (nSPS) is 15.7. The van der Waals surface area contributed by atoms with E-state index >= 15 is 0 Å². The fourth-order valence-electron chi connectivity index (χ4n) is 2.79. The highest BCUT2D eigenvalue weighted by Crippen LogP contribution is 2.34. The van der Waals surface area contributed by atoms with E-state index in [1.54, 1.807) is 37.3 Å². The van der Waals surface area contributed by atoms with Gasteiger partial charge in [0.1, 0.15) is 18.1 Å². The number of rotatable bonds is 5. The topological polar surface area (TPSA) is 75.7 Å². The van der Waals surface area contributed by atoms with Crippen LogP contribution in [-0.2, 0) is 16.1 Å². The van der Waals surface area contributed by atoms with Crippen LogP contribution in [0.25, 0.3) is 0 Å². The molecule has 2 aromatic carbocycles. The van der Waals surface area contributed by atoms with Crippen LogP contribution in [0.3, 0.4) is 0 Å². The maximum atomic E-state index is 12.9. The number of carbonyl (C=O) groups is 3. The Balaban J connectivity index is 1.75. The number of halogens is 1. The first-order chi connectivity index (χ1) is 12.8. The quantitative estimate of drug-likeness (QED) is 0.821. The number of nitrogens with one attached hydrogen (secondary N) is 1. The molecule has 0 spiro atoms. The Kier molecular flexibility index (Phi) is 5.21. The molecule has 0 aromatic heterocycles. The van der Waals surface area contributed by atoms with Crippen LogP contribution < -0.4 is 15.0 Å². The molecule has 2 aromatic rings. The van der Waals surface area contributed by atoms with Gasteiger partial charge in [-0.3, -0.25) is 19.3 Å². The molecule has 6 nitrogen and oxygen atoms in total. The largest absolute Gasteiger partial charge is 0.479 e. The van der Waals surface area contributed by atoms with Crippen molar-refractivity contribution in [1.29, 1.82) is 0 Å². The Hall–Kier alpha value is -3.22. The molecule has 0 radical (unpaired) electrons. The van der Waals surface area contributed by atoms with Crippen LogP contribution >= 0.6 is 0 Å². The summed E-state index contributed by atoms with van der Waals surface area (Å²) in [6, 6.07) is 10.6. The monoisotopic (exact) mass is 370 g/mol. The first-order valence-electron chi connectivity index (χ1n) is 8.49. The second-order valence-corrected chi connectivity index (χ2v) is 6.33. The Labute approximate surface area is 155 Å².